The summed E-state index contributed by atoms with van der Waals surface area (Å²) in [5.41, 5.74) is 10.4. The van der Waals surface area contributed by atoms with E-state index in [2.05, 4.69) is 12.2 Å². The molecular weight excluding hydrogens is 374 g/mol. The molecule has 2 atom stereocenters. The standard InChI is InChI=1S/C15H29NO3.C6H14N2O2/c1-3-4-5-6-7-8-9-10-11-12-14(17)16-13(2)15(18)19;7-4-2-1-3-5(8)6(9)10/h13H,3-12H2,1-2H3,(H,16,17)(H,18,19);5H,1-4,7-8H2,(H,9,10)/t;5-/m.0/s1. The van der Waals surface area contributed by atoms with Gasteiger partial charge in [-0.1, -0.05) is 64.7 Å². The monoisotopic (exact) mass is 417 g/mol. The summed E-state index contributed by atoms with van der Waals surface area (Å²) in [6.07, 6.45) is 13.5. The molecule has 172 valence electrons. The Morgan fingerprint density at radius 3 is 1.79 bits per heavy atom. The van der Waals surface area contributed by atoms with Crippen LogP contribution in [0.4, 0.5) is 0 Å². The molecule has 8 nitrogen and oxygen atoms in total. The molecule has 0 spiro atoms. The Morgan fingerprint density at radius 2 is 1.34 bits per heavy atom. The van der Waals surface area contributed by atoms with Crippen molar-refractivity contribution in [3.8, 4) is 0 Å². The molecule has 0 aliphatic carbocycles. The summed E-state index contributed by atoms with van der Waals surface area (Å²) in [6.45, 7) is 4.30. The maximum Gasteiger partial charge on any atom is 0.325 e. The number of nitrogens with one attached hydrogen (secondary N) is 1. The Bertz CT molecular complexity index is 433. The zero-order valence-corrected chi connectivity index (χ0v) is 18.3. The molecule has 0 aromatic heterocycles. The lowest BCUT2D eigenvalue weighted by molar-refractivity contribution is -0.141. The number of hydrogen-bond acceptors (Lipinski definition) is 5. The molecule has 8 heteroatoms. The maximum absolute atomic E-state index is 11.4. The molecule has 7 N–H and O–H groups in total. The van der Waals surface area contributed by atoms with Crippen LogP contribution in [0.25, 0.3) is 0 Å². The fourth-order valence-corrected chi connectivity index (χ4v) is 2.60. The summed E-state index contributed by atoms with van der Waals surface area (Å²) >= 11 is 0. The Labute approximate surface area is 175 Å². The maximum atomic E-state index is 11.4. The number of hydrogen-bond donors (Lipinski definition) is 5. The summed E-state index contributed by atoms with van der Waals surface area (Å²) in [5.74, 6) is -2.07. The van der Waals surface area contributed by atoms with Gasteiger partial charge in [-0.15, -0.1) is 0 Å². The Hall–Kier alpha value is -1.67. The number of unbranched alkanes of at least 4 members (excludes halogenated alkanes) is 9. The number of carboxylic acids is 2. The first kappa shape index (κ1) is 29.5. The average molecular weight is 418 g/mol. The van der Waals surface area contributed by atoms with Gasteiger partial charge >= 0.3 is 11.9 Å². The molecule has 1 unspecified atom stereocenters. The SMILES string of the molecule is CCCCCCCCCCCC(=O)NC(C)C(=O)O.NCCCC[C@H](N)C(=O)O. The first-order valence-corrected chi connectivity index (χ1v) is 11.0. The Morgan fingerprint density at radius 1 is 0.828 bits per heavy atom. The fourth-order valence-electron chi connectivity index (χ4n) is 2.60. The van der Waals surface area contributed by atoms with Crippen molar-refractivity contribution >= 4 is 17.8 Å². The fraction of sp³-hybridized carbons (Fsp3) is 0.857. The molecule has 0 aliphatic heterocycles. The van der Waals surface area contributed by atoms with Crippen molar-refractivity contribution in [1.82, 2.24) is 5.32 Å². The highest BCUT2D eigenvalue weighted by Gasteiger charge is 2.13. The largest absolute Gasteiger partial charge is 0.480 e. The topological polar surface area (TPSA) is 156 Å². The minimum Gasteiger partial charge on any atom is -0.480 e. The predicted octanol–water partition coefficient (Wildman–Crippen LogP) is 3.02. The number of rotatable bonds is 17. The first-order valence-electron chi connectivity index (χ1n) is 11.0. The van der Waals surface area contributed by atoms with Gasteiger partial charge in [0.15, 0.2) is 0 Å². The van der Waals surface area contributed by atoms with Gasteiger partial charge in [-0.25, -0.2) is 0 Å². The van der Waals surface area contributed by atoms with Crippen molar-refractivity contribution in [2.75, 3.05) is 6.54 Å². The van der Waals surface area contributed by atoms with Crippen LogP contribution in [0.3, 0.4) is 0 Å². The number of carboxylic acid groups (broad SMARTS) is 2. The molecule has 0 radical (unpaired) electrons. The van der Waals surface area contributed by atoms with Crippen molar-refractivity contribution in [3.05, 3.63) is 0 Å². The van der Waals surface area contributed by atoms with Crippen molar-refractivity contribution in [2.24, 2.45) is 11.5 Å². The minimum absolute atomic E-state index is 0.155. The van der Waals surface area contributed by atoms with E-state index in [1.165, 1.54) is 51.9 Å². The van der Waals surface area contributed by atoms with Gasteiger partial charge in [0.2, 0.25) is 5.91 Å². The van der Waals surface area contributed by atoms with E-state index in [9.17, 15) is 14.4 Å². The van der Waals surface area contributed by atoms with Gasteiger partial charge in [0.05, 0.1) is 0 Å². The van der Waals surface area contributed by atoms with Gasteiger partial charge in [-0.2, -0.15) is 0 Å². The van der Waals surface area contributed by atoms with Crippen LogP contribution in [-0.4, -0.2) is 46.7 Å². The van der Waals surface area contributed by atoms with Gasteiger partial charge in [-0.05, 0) is 32.7 Å². The second-order valence-corrected chi connectivity index (χ2v) is 7.44. The second-order valence-electron chi connectivity index (χ2n) is 7.44. The molecule has 1 amide bonds. The quantitative estimate of drug-likeness (QED) is 0.228. The van der Waals surface area contributed by atoms with Crippen LogP contribution in [0, 0.1) is 0 Å². The zero-order valence-electron chi connectivity index (χ0n) is 18.3. The van der Waals surface area contributed by atoms with E-state index in [0.717, 1.165) is 25.7 Å². The van der Waals surface area contributed by atoms with E-state index < -0.39 is 24.0 Å². The molecule has 0 rings (SSSR count). The smallest absolute Gasteiger partial charge is 0.325 e. The van der Waals surface area contributed by atoms with Crippen LogP contribution in [-0.2, 0) is 14.4 Å². The minimum atomic E-state index is -0.986. The summed E-state index contributed by atoms with van der Waals surface area (Å²) in [5, 5.41) is 19.4. The van der Waals surface area contributed by atoms with Crippen molar-refractivity contribution in [1.29, 1.82) is 0 Å². The molecule has 0 heterocycles. The normalized spacial score (nSPS) is 12.4. The lowest BCUT2D eigenvalue weighted by Crippen LogP contribution is -2.38. The van der Waals surface area contributed by atoms with Crippen LogP contribution in [0.1, 0.15) is 97.3 Å². The van der Waals surface area contributed by atoms with Crippen LogP contribution in [0.2, 0.25) is 0 Å². The first-order chi connectivity index (χ1) is 13.8. The van der Waals surface area contributed by atoms with E-state index in [4.69, 9.17) is 21.7 Å². The molecule has 0 saturated carbocycles. The van der Waals surface area contributed by atoms with Crippen molar-refractivity contribution in [2.45, 2.75) is 109 Å². The highest BCUT2D eigenvalue weighted by molar-refractivity contribution is 5.83. The molecule has 29 heavy (non-hydrogen) atoms. The highest BCUT2D eigenvalue weighted by Crippen LogP contribution is 2.10. The van der Waals surface area contributed by atoms with Crippen LogP contribution in [0.15, 0.2) is 0 Å². The average Bonchev–Trinajstić information content (AvgIpc) is 2.67. The van der Waals surface area contributed by atoms with E-state index in [0.29, 0.717) is 19.4 Å². The second kappa shape index (κ2) is 21.0. The van der Waals surface area contributed by atoms with Crippen LogP contribution >= 0.6 is 0 Å². The van der Waals surface area contributed by atoms with E-state index in [1.807, 2.05) is 0 Å². The molecule has 0 bridgehead atoms. The number of aliphatic carboxylic acids is 2. The van der Waals surface area contributed by atoms with Crippen molar-refractivity contribution in [3.63, 3.8) is 0 Å². The Kier molecular flexibility index (Phi) is 21.4. The Balaban J connectivity index is 0. The lowest BCUT2D eigenvalue weighted by atomic mass is 10.1. The zero-order chi connectivity index (χ0) is 22.5. The van der Waals surface area contributed by atoms with E-state index in [-0.39, 0.29) is 5.91 Å². The molecule has 0 aliphatic rings. The summed E-state index contributed by atoms with van der Waals surface area (Å²) < 4.78 is 0. The van der Waals surface area contributed by atoms with Gasteiger partial charge in [0.25, 0.3) is 0 Å². The van der Waals surface area contributed by atoms with Gasteiger partial charge in [0, 0.05) is 6.42 Å². The number of carbonyl (C=O) groups is 3. The predicted molar refractivity (Wildman–Crippen MR) is 116 cm³/mol. The van der Waals surface area contributed by atoms with Crippen molar-refractivity contribution < 1.29 is 24.6 Å². The van der Waals surface area contributed by atoms with Gasteiger partial charge in [0.1, 0.15) is 12.1 Å². The molecule has 0 fully saturated rings. The number of nitrogens with two attached hydrogens (primary N) is 2. The van der Waals surface area contributed by atoms with Crippen LogP contribution in [0.5, 0.6) is 0 Å². The van der Waals surface area contributed by atoms with E-state index in [1.54, 1.807) is 0 Å². The third kappa shape index (κ3) is 22.5. The van der Waals surface area contributed by atoms with Gasteiger partial charge in [-0.3, -0.25) is 14.4 Å². The molecular formula is C21H43N3O5. The third-order valence-corrected chi connectivity index (χ3v) is 4.54. The lowest BCUT2D eigenvalue weighted by Gasteiger charge is -2.08. The number of carbonyl (C=O) groups excluding carboxylic acids is 1. The van der Waals surface area contributed by atoms with Gasteiger partial charge < -0.3 is 27.0 Å². The third-order valence-electron chi connectivity index (χ3n) is 4.54. The van der Waals surface area contributed by atoms with E-state index >= 15 is 0 Å². The molecule has 0 aromatic rings. The molecule has 0 aromatic carbocycles. The summed E-state index contributed by atoms with van der Waals surface area (Å²) in [4.78, 5) is 32.1. The van der Waals surface area contributed by atoms with Crippen LogP contribution < -0.4 is 16.8 Å². The highest BCUT2D eigenvalue weighted by atomic mass is 16.4. The number of amides is 1. The summed E-state index contributed by atoms with van der Waals surface area (Å²) in [7, 11) is 0. The molecule has 0 saturated heterocycles. The summed E-state index contributed by atoms with van der Waals surface area (Å²) in [6, 6.07) is -1.50.